The number of imidazole rings is 1. The maximum Gasteiger partial charge on any atom is 0.167 e. The van der Waals surface area contributed by atoms with E-state index in [1.54, 1.807) is 6.07 Å². The van der Waals surface area contributed by atoms with E-state index in [9.17, 15) is 8.78 Å². The molecule has 27 heavy (non-hydrogen) atoms. The highest BCUT2D eigenvalue weighted by molar-refractivity contribution is 6.33. The first kappa shape index (κ1) is 17.5. The summed E-state index contributed by atoms with van der Waals surface area (Å²) in [7, 11) is 0. The Balaban J connectivity index is 2.00. The third-order valence-corrected chi connectivity index (χ3v) is 4.58. The fourth-order valence-electron chi connectivity index (χ4n) is 3.04. The van der Waals surface area contributed by atoms with Crippen molar-refractivity contribution in [3.63, 3.8) is 0 Å². The molecule has 7 heteroatoms. The van der Waals surface area contributed by atoms with E-state index in [0.717, 1.165) is 5.56 Å². The molecule has 0 radical (unpaired) electrons. The molecule has 0 unspecified atom stereocenters. The van der Waals surface area contributed by atoms with Gasteiger partial charge in [-0.2, -0.15) is 0 Å². The second kappa shape index (κ2) is 6.70. The molecule has 2 heterocycles. The first-order valence-electron chi connectivity index (χ1n) is 8.41. The Morgan fingerprint density at radius 1 is 0.963 bits per heavy atom. The van der Waals surface area contributed by atoms with Crippen molar-refractivity contribution in [1.29, 1.82) is 0 Å². The summed E-state index contributed by atoms with van der Waals surface area (Å²) < 4.78 is 30.2. The minimum atomic E-state index is -0.712. The molecule has 0 aliphatic heterocycles. The van der Waals surface area contributed by atoms with E-state index in [1.807, 2.05) is 36.6 Å². The Morgan fingerprint density at radius 2 is 1.67 bits per heavy atom. The fraction of sp³-hybridized carbons (Fsp3) is 0.150. The molecule has 0 atom stereocenters. The number of aromatic nitrogens is 4. The van der Waals surface area contributed by atoms with Gasteiger partial charge >= 0.3 is 0 Å². The Labute approximate surface area is 159 Å². The highest BCUT2D eigenvalue weighted by atomic mass is 35.5. The summed E-state index contributed by atoms with van der Waals surface area (Å²) >= 11 is 6.34. The van der Waals surface area contributed by atoms with E-state index < -0.39 is 11.6 Å². The zero-order chi connectivity index (χ0) is 19.1. The minimum Gasteiger partial charge on any atom is -0.306 e. The third kappa shape index (κ3) is 2.96. The summed E-state index contributed by atoms with van der Waals surface area (Å²) in [6.07, 6.45) is 1.47. The van der Waals surface area contributed by atoms with Crippen molar-refractivity contribution in [2.24, 2.45) is 0 Å². The van der Waals surface area contributed by atoms with Gasteiger partial charge in [-0.15, -0.1) is 0 Å². The van der Waals surface area contributed by atoms with Gasteiger partial charge in [-0.1, -0.05) is 29.8 Å². The van der Waals surface area contributed by atoms with Gasteiger partial charge in [0.25, 0.3) is 0 Å². The van der Waals surface area contributed by atoms with E-state index in [-0.39, 0.29) is 17.4 Å². The molecule has 4 nitrogen and oxygen atoms in total. The quantitative estimate of drug-likeness (QED) is 0.457. The van der Waals surface area contributed by atoms with Crippen molar-refractivity contribution in [2.45, 2.75) is 19.9 Å². The number of rotatable bonds is 3. The average molecular weight is 385 g/mol. The van der Waals surface area contributed by atoms with Gasteiger partial charge in [-0.05, 0) is 38.1 Å². The highest BCUT2D eigenvalue weighted by Crippen LogP contribution is 2.33. The maximum atomic E-state index is 14.2. The van der Waals surface area contributed by atoms with Gasteiger partial charge < -0.3 is 4.57 Å². The van der Waals surface area contributed by atoms with Crippen LogP contribution in [-0.2, 0) is 0 Å². The summed E-state index contributed by atoms with van der Waals surface area (Å²) in [5, 5.41) is 0.558. The molecule has 0 saturated carbocycles. The first-order valence-corrected chi connectivity index (χ1v) is 8.79. The molecule has 2 aromatic heterocycles. The number of fused-ring (bicyclic) bond motifs is 1. The van der Waals surface area contributed by atoms with Gasteiger partial charge in [0.2, 0.25) is 0 Å². The van der Waals surface area contributed by atoms with Crippen LogP contribution in [0.3, 0.4) is 0 Å². The Bertz CT molecular complexity index is 1130. The fourth-order valence-corrected chi connectivity index (χ4v) is 3.26. The monoisotopic (exact) mass is 384 g/mol. The molecule has 0 amide bonds. The second-order valence-corrected chi connectivity index (χ2v) is 6.79. The van der Waals surface area contributed by atoms with Crippen LogP contribution in [-0.4, -0.2) is 19.5 Å². The number of halogens is 3. The van der Waals surface area contributed by atoms with E-state index >= 15 is 0 Å². The van der Waals surface area contributed by atoms with E-state index in [2.05, 4.69) is 15.0 Å². The van der Waals surface area contributed by atoms with Crippen LogP contribution in [0.5, 0.6) is 0 Å². The van der Waals surface area contributed by atoms with Crippen LogP contribution in [0, 0.1) is 11.6 Å². The van der Waals surface area contributed by atoms with E-state index in [1.165, 1.54) is 24.4 Å². The van der Waals surface area contributed by atoms with Crippen LogP contribution in [0.4, 0.5) is 8.78 Å². The van der Waals surface area contributed by atoms with Gasteiger partial charge in [0, 0.05) is 11.6 Å². The smallest absolute Gasteiger partial charge is 0.167 e. The predicted octanol–water partition coefficient (Wildman–Crippen LogP) is 5.67. The number of benzene rings is 2. The van der Waals surface area contributed by atoms with Crippen LogP contribution in [0.25, 0.3) is 33.9 Å². The standard InChI is InChI=1S/C20H15ClF2N4/c1-11(2)27-19(12-6-3-4-7-13(12)21)25-16-10-24-18(26-20(16)27)17-14(22)8-5-9-15(17)23/h3-11H,1-2H3. The molecule has 4 rings (SSSR count). The zero-order valence-electron chi connectivity index (χ0n) is 14.6. The molecule has 0 aliphatic rings. The lowest BCUT2D eigenvalue weighted by Crippen LogP contribution is -2.05. The highest BCUT2D eigenvalue weighted by Gasteiger charge is 2.21. The van der Waals surface area contributed by atoms with Crippen LogP contribution in [0.15, 0.2) is 48.7 Å². The molecule has 0 bridgehead atoms. The molecule has 4 aromatic rings. The van der Waals surface area contributed by atoms with E-state index in [0.29, 0.717) is 22.0 Å². The Morgan fingerprint density at radius 3 is 2.33 bits per heavy atom. The normalized spacial score (nSPS) is 11.5. The number of nitrogens with zero attached hydrogens (tertiary/aromatic N) is 4. The molecule has 0 fully saturated rings. The second-order valence-electron chi connectivity index (χ2n) is 6.38. The minimum absolute atomic E-state index is 0.00510. The molecule has 136 valence electrons. The average Bonchev–Trinajstić information content (AvgIpc) is 3.00. The van der Waals surface area contributed by atoms with Gasteiger partial charge in [-0.3, -0.25) is 0 Å². The lowest BCUT2D eigenvalue weighted by Gasteiger charge is -2.13. The molecule has 0 spiro atoms. The number of hydrogen-bond acceptors (Lipinski definition) is 3. The number of hydrogen-bond donors (Lipinski definition) is 0. The van der Waals surface area contributed by atoms with Crippen molar-refractivity contribution in [1.82, 2.24) is 19.5 Å². The molecular weight excluding hydrogens is 370 g/mol. The van der Waals surface area contributed by atoms with Crippen LogP contribution in [0.2, 0.25) is 5.02 Å². The summed E-state index contributed by atoms with van der Waals surface area (Å²) in [5.41, 5.74) is 1.52. The van der Waals surface area contributed by atoms with Crippen molar-refractivity contribution in [3.05, 3.63) is 65.3 Å². The molecule has 0 saturated heterocycles. The molecule has 0 aliphatic carbocycles. The SMILES string of the molecule is CC(C)n1c(-c2ccccc2Cl)nc2cnc(-c3c(F)cccc3F)nc21. The van der Waals surface area contributed by atoms with Crippen molar-refractivity contribution >= 4 is 22.8 Å². The van der Waals surface area contributed by atoms with Crippen molar-refractivity contribution < 1.29 is 8.78 Å². The van der Waals surface area contributed by atoms with Gasteiger partial charge in [0.1, 0.15) is 23.0 Å². The summed E-state index contributed by atoms with van der Waals surface area (Å²) in [6, 6.07) is 11.0. The van der Waals surface area contributed by atoms with Gasteiger partial charge in [-0.25, -0.2) is 23.7 Å². The maximum absolute atomic E-state index is 14.2. The third-order valence-electron chi connectivity index (χ3n) is 4.25. The lowest BCUT2D eigenvalue weighted by atomic mass is 10.2. The molecule has 2 aromatic carbocycles. The molecule has 0 N–H and O–H groups in total. The summed E-state index contributed by atoms with van der Waals surface area (Å²) in [4.78, 5) is 13.2. The van der Waals surface area contributed by atoms with Gasteiger partial charge in [0.15, 0.2) is 11.5 Å². The summed E-state index contributed by atoms with van der Waals surface area (Å²) in [6.45, 7) is 3.96. The van der Waals surface area contributed by atoms with Crippen molar-refractivity contribution in [2.75, 3.05) is 0 Å². The largest absolute Gasteiger partial charge is 0.306 e. The van der Waals surface area contributed by atoms with Gasteiger partial charge in [0.05, 0.1) is 16.8 Å². The summed E-state index contributed by atoms with van der Waals surface area (Å²) in [5.74, 6) is -0.816. The van der Waals surface area contributed by atoms with Crippen molar-refractivity contribution in [3.8, 4) is 22.8 Å². The predicted molar refractivity (Wildman–Crippen MR) is 102 cm³/mol. The Kier molecular flexibility index (Phi) is 4.36. The topological polar surface area (TPSA) is 43.6 Å². The van der Waals surface area contributed by atoms with Crippen LogP contribution < -0.4 is 0 Å². The first-order chi connectivity index (χ1) is 13.0. The Hall–Kier alpha value is -2.86. The molecular formula is C20H15ClF2N4. The van der Waals surface area contributed by atoms with Crippen LogP contribution in [0.1, 0.15) is 19.9 Å². The van der Waals surface area contributed by atoms with Crippen LogP contribution >= 0.6 is 11.6 Å². The lowest BCUT2D eigenvalue weighted by molar-refractivity contribution is 0.587. The zero-order valence-corrected chi connectivity index (χ0v) is 15.4. The van der Waals surface area contributed by atoms with E-state index in [4.69, 9.17) is 11.6 Å².